The van der Waals surface area contributed by atoms with Crippen LogP contribution in [0.2, 0.25) is 0 Å². The van der Waals surface area contributed by atoms with Gasteiger partial charge >= 0.3 is 11.5 Å². The van der Waals surface area contributed by atoms with Crippen LogP contribution >= 0.6 is 0 Å². The van der Waals surface area contributed by atoms with Crippen molar-refractivity contribution in [2.24, 2.45) is 0 Å². The lowest BCUT2D eigenvalue weighted by atomic mass is 9.98. The molecule has 0 aromatic carbocycles. The van der Waals surface area contributed by atoms with Crippen molar-refractivity contribution in [3.8, 4) is 22.3 Å². The molecule has 0 amide bonds. The molecule has 0 atom stereocenters. The molecule has 1 aromatic rings. The second-order valence-electron chi connectivity index (χ2n) is 7.29. The molecule has 2 aliphatic rings. The van der Waals surface area contributed by atoms with Gasteiger partial charge in [0.2, 0.25) is 0 Å². The smallest absolute Gasteiger partial charge is 0.222 e. The maximum Gasteiger partial charge on any atom is 0.327 e. The van der Waals surface area contributed by atoms with Crippen LogP contribution in [0.15, 0.2) is 40.8 Å². The molecule has 0 aliphatic heterocycles. The van der Waals surface area contributed by atoms with Gasteiger partial charge in [0.25, 0.3) is 0 Å². The predicted octanol–water partition coefficient (Wildman–Crippen LogP) is 1.93. The van der Waals surface area contributed by atoms with E-state index in [0.717, 1.165) is 11.5 Å². The fourth-order valence-electron chi connectivity index (χ4n) is 3.37. The summed E-state index contributed by atoms with van der Waals surface area (Å²) in [6.45, 7) is 12.9. The molecule has 150 valence electrons. The third-order valence-corrected chi connectivity index (χ3v) is 4.57. The highest BCUT2D eigenvalue weighted by molar-refractivity contribution is 5.91. The third kappa shape index (κ3) is 5.74. The average Bonchev–Trinajstić information content (AvgIpc) is 2.73. The second kappa shape index (κ2) is 8.55. The fraction of sp³-hybridized carbons (Fsp3) is 0.318. The quantitative estimate of drug-likeness (QED) is 0.607. The van der Waals surface area contributed by atoms with Crippen molar-refractivity contribution in [2.75, 3.05) is 0 Å². The standard InChI is InChI=1S/C22H25O.ClHO4/c1-13(2)18-8-7-14(3)22-20(12-18)15(4)9-21(22)19-10-16(5)23-17(6)11-19;2-1(3,4)5/h7-13H,1-6H3;(H,2,3,4,5)/q+1;/p-1. The zero-order valence-electron chi connectivity index (χ0n) is 17.0. The molecule has 0 bridgehead atoms. The van der Waals surface area contributed by atoms with Crippen LogP contribution in [0.4, 0.5) is 0 Å². The average molecular weight is 405 g/mol. The van der Waals surface area contributed by atoms with Crippen LogP contribution in [0.5, 0.6) is 0 Å². The van der Waals surface area contributed by atoms with Crippen molar-refractivity contribution < 1.29 is 33.3 Å². The van der Waals surface area contributed by atoms with E-state index in [9.17, 15) is 0 Å². The first-order valence-corrected chi connectivity index (χ1v) is 10.2. The summed E-state index contributed by atoms with van der Waals surface area (Å²) in [7, 11) is -4.94. The number of rotatable bonds is 2. The molecule has 0 fully saturated rings. The lowest BCUT2D eigenvalue weighted by Crippen LogP contribution is -2.68. The zero-order chi connectivity index (χ0) is 21.2. The number of fused-ring (bicyclic) bond motifs is 1. The van der Waals surface area contributed by atoms with Crippen molar-refractivity contribution >= 4 is 0 Å². The molecule has 0 N–H and O–H groups in total. The maximum atomic E-state index is 8.49. The van der Waals surface area contributed by atoms with Crippen LogP contribution in [-0.2, 0) is 0 Å². The van der Waals surface area contributed by atoms with Gasteiger partial charge in [0.1, 0.15) is 0 Å². The van der Waals surface area contributed by atoms with E-state index in [1.165, 1.54) is 38.9 Å². The van der Waals surface area contributed by atoms with Crippen molar-refractivity contribution in [2.45, 2.75) is 47.5 Å². The Kier molecular flexibility index (Phi) is 6.80. The van der Waals surface area contributed by atoms with Crippen LogP contribution in [0.25, 0.3) is 22.3 Å². The van der Waals surface area contributed by atoms with Gasteiger partial charge in [-0.05, 0) is 53.1 Å². The number of hydrogen-bond donors (Lipinski definition) is 0. The number of hydrogen-bond acceptors (Lipinski definition) is 4. The molecule has 1 heterocycles. The van der Waals surface area contributed by atoms with Gasteiger partial charge in [-0.3, -0.25) is 0 Å². The van der Waals surface area contributed by atoms with Crippen molar-refractivity contribution in [3.63, 3.8) is 0 Å². The SMILES string of the molecule is Cc1cc(-c2cc(C)c3cc(C(C)C)ccc(C)c2-3)cc(C)[o+]1.[O-][Cl+3]([O-])([O-])[O-]. The monoisotopic (exact) mass is 404 g/mol. The summed E-state index contributed by atoms with van der Waals surface area (Å²) in [4.78, 5) is 0. The van der Waals surface area contributed by atoms with Gasteiger partial charge < -0.3 is 0 Å². The minimum Gasteiger partial charge on any atom is -0.222 e. The molecule has 0 radical (unpaired) electrons. The largest absolute Gasteiger partial charge is 0.327 e. The molecule has 5 nitrogen and oxygen atoms in total. The Morgan fingerprint density at radius 1 is 0.750 bits per heavy atom. The topological polar surface area (TPSA) is 104 Å². The maximum absolute atomic E-state index is 8.49. The summed E-state index contributed by atoms with van der Waals surface area (Å²) >= 11 is 0. The molecule has 1 aromatic heterocycles. The minimum atomic E-state index is -4.94. The Morgan fingerprint density at radius 2 is 1.29 bits per heavy atom. The van der Waals surface area contributed by atoms with Crippen LogP contribution in [0.3, 0.4) is 0 Å². The first kappa shape index (κ1) is 22.3. The van der Waals surface area contributed by atoms with E-state index in [0.29, 0.717) is 5.92 Å². The summed E-state index contributed by atoms with van der Waals surface area (Å²) < 4.78 is 39.6. The van der Waals surface area contributed by atoms with Crippen molar-refractivity contribution in [1.29, 1.82) is 0 Å². The van der Waals surface area contributed by atoms with E-state index in [1.54, 1.807) is 0 Å². The summed E-state index contributed by atoms with van der Waals surface area (Å²) in [6, 6.07) is 13.5. The van der Waals surface area contributed by atoms with E-state index >= 15 is 0 Å². The van der Waals surface area contributed by atoms with Gasteiger partial charge in [0.05, 0.1) is 13.8 Å². The van der Waals surface area contributed by atoms with Crippen molar-refractivity contribution in [3.05, 3.63) is 64.6 Å². The molecular weight excluding hydrogens is 380 g/mol. The number of halogens is 1. The highest BCUT2D eigenvalue weighted by atomic mass is 35.7. The predicted molar refractivity (Wildman–Crippen MR) is 98.2 cm³/mol. The second-order valence-corrected chi connectivity index (χ2v) is 8.05. The number of aryl methyl sites for hydroxylation is 4. The molecule has 0 saturated carbocycles. The third-order valence-electron chi connectivity index (χ3n) is 4.57. The first-order chi connectivity index (χ1) is 12.9. The molecule has 28 heavy (non-hydrogen) atoms. The van der Waals surface area contributed by atoms with E-state index in [1.807, 2.05) is 13.8 Å². The Hall–Kier alpha value is -2.02. The van der Waals surface area contributed by atoms with E-state index in [2.05, 4.69) is 64.1 Å². The summed E-state index contributed by atoms with van der Waals surface area (Å²) in [5, 5.41) is 0. The van der Waals surface area contributed by atoms with Gasteiger partial charge in [-0.25, -0.2) is 23.1 Å². The normalized spacial score (nSPS) is 11.5. The highest BCUT2D eigenvalue weighted by Gasteiger charge is 2.20. The molecule has 6 heteroatoms. The first-order valence-electron chi connectivity index (χ1n) is 8.94. The lowest BCUT2D eigenvalue weighted by molar-refractivity contribution is -2.00. The van der Waals surface area contributed by atoms with Gasteiger partial charge in [0.15, 0.2) is 0 Å². The molecule has 3 rings (SSSR count). The Balaban J connectivity index is 0.000000500. The van der Waals surface area contributed by atoms with Gasteiger partial charge in [-0.2, -0.15) is 0 Å². The summed E-state index contributed by atoms with van der Waals surface area (Å²) in [6.07, 6.45) is 0. The summed E-state index contributed by atoms with van der Waals surface area (Å²) in [5.74, 6) is 2.43. The Morgan fingerprint density at radius 3 is 1.79 bits per heavy atom. The molecular formula is C22H25ClO5. The molecule has 0 saturated heterocycles. The van der Waals surface area contributed by atoms with Crippen molar-refractivity contribution in [1.82, 2.24) is 0 Å². The highest BCUT2D eigenvalue weighted by Crippen LogP contribution is 2.41. The zero-order valence-corrected chi connectivity index (χ0v) is 17.7. The van der Waals surface area contributed by atoms with Gasteiger partial charge in [-0.15, -0.1) is 10.2 Å². The molecule has 0 unspecified atom stereocenters. The van der Waals surface area contributed by atoms with Crippen LogP contribution in [0.1, 0.15) is 48.0 Å². The molecule has 0 spiro atoms. The minimum absolute atomic E-state index is 0.530. The van der Waals surface area contributed by atoms with Crippen LogP contribution < -0.4 is 18.6 Å². The fourth-order valence-corrected chi connectivity index (χ4v) is 3.37. The van der Waals surface area contributed by atoms with E-state index < -0.39 is 10.2 Å². The Labute approximate surface area is 168 Å². The van der Waals surface area contributed by atoms with Crippen LogP contribution in [-0.4, -0.2) is 0 Å². The van der Waals surface area contributed by atoms with Gasteiger partial charge in [0, 0.05) is 17.7 Å². The Bertz CT molecular complexity index is 918. The van der Waals surface area contributed by atoms with Gasteiger partial charge in [-0.1, -0.05) is 38.1 Å². The molecule has 2 aliphatic carbocycles. The summed E-state index contributed by atoms with van der Waals surface area (Å²) in [5.41, 5.74) is 9.33. The van der Waals surface area contributed by atoms with E-state index in [4.69, 9.17) is 23.1 Å². The van der Waals surface area contributed by atoms with E-state index in [-0.39, 0.29) is 0 Å². The van der Waals surface area contributed by atoms with Crippen LogP contribution in [0, 0.1) is 37.9 Å². The lowest BCUT2D eigenvalue weighted by Gasteiger charge is -2.17.